The summed E-state index contributed by atoms with van der Waals surface area (Å²) in [7, 11) is 0. The molecular formula is C17H16ClN3. The zero-order valence-electron chi connectivity index (χ0n) is 11.5. The molecule has 3 rings (SSSR count). The van der Waals surface area contributed by atoms with E-state index in [0.717, 1.165) is 35.2 Å². The van der Waals surface area contributed by atoms with E-state index in [-0.39, 0.29) is 0 Å². The largest absolute Gasteiger partial charge is 0.383 e. The Balaban J connectivity index is 1.66. The Labute approximate surface area is 129 Å². The van der Waals surface area contributed by atoms with Gasteiger partial charge >= 0.3 is 0 Å². The molecule has 2 aromatic carbocycles. The molecule has 0 amide bonds. The second kappa shape index (κ2) is 6.46. The number of halogens is 1. The quantitative estimate of drug-likeness (QED) is 0.760. The maximum Gasteiger partial charge on any atom is 0.139 e. The summed E-state index contributed by atoms with van der Waals surface area (Å²) < 4.78 is 2.15. The van der Waals surface area contributed by atoms with E-state index in [4.69, 9.17) is 11.6 Å². The summed E-state index contributed by atoms with van der Waals surface area (Å²) in [6.07, 6.45) is 3.84. The minimum absolute atomic E-state index is 0.743. The highest BCUT2D eigenvalue weighted by Gasteiger charge is 2.04. The predicted octanol–water partition coefficient (Wildman–Crippen LogP) is 4.32. The Morgan fingerprint density at radius 3 is 2.71 bits per heavy atom. The van der Waals surface area contributed by atoms with Crippen molar-refractivity contribution in [3.05, 3.63) is 72.0 Å². The third-order valence-corrected chi connectivity index (χ3v) is 3.49. The number of imidazole rings is 1. The van der Waals surface area contributed by atoms with Gasteiger partial charge in [-0.1, -0.05) is 48.0 Å². The SMILES string of the molecule is Clc1cccc(NCCn2ccnc2-c2ccccc2)c1. The van der Waals surface area contributed by atoms with Crippen molar-refractivity contribution in [1.29, 1.82) is 0 Å². The zero-order valence-corrected chi connectivity index (χ0v) is 12.3. The molecule has 4 heteroatoms. The van der Waals surface area contributed by atoms with Gasteiger partial charge in [-0.15, -0.1) is 0 Å². The summed E-state index contributed by atoms with van der Waals surface area (Å²) in [6, 6.07) is 18.0. The van der Waals surface area contributed by atoms with Crippen LogP contribution < -0.4 is 5.32 Å². The van der Waals surface area contributed by atoms with Crippen LogP contribution in [-0.2, 0) is 6.54 Å². The lowest BCUT2D eigenvalue weighted by molar-refractivity contribution is 0.735. The molecule has 0 bridgehead atoms. The summed E-state index contributed by atoms with van der Waals surface area (Å²) in [5.74, 6) is 0.989. The predicted molar refractivity (Wildman–Crippen MR) is 87.6 cm³/mol. The number of anilines is 1. The van der Waals surface area contributed by atoms with Crippen LogP contribution in [0.25, 0.3) is 11.4 Å². The number of hydrogen-bond acceptors (Lipinski definition) is 2. The van der Waals surface area contributed by atoms with Crippen molar-refractivity contribution in [2.45, 2.75) is 6.54 Å². The molecule has 0 aliphatic carbocycles. The Hall–Kier alpha value is -2.26. The first-order valence-corrected chi connectivity index (χ1v) is 7.27. The van der Waals surface area contributed by atoms with Crippen LogP contribution in [0.3, 0.4) is 0 Å². The molecule has 21 heavy (non-hydrogen) atoms. The summed E-state index contributed by atoms with van der Waals surface area (Å²) in [5, 5.41) is 4.11. The molecule has 0 aliphatic heterocycles. The lowest BCUT2D eigenvalue weighted by Gasteiger charge is -2.10. The van der Waals surface area contributed by atoms with Gasteiger partial charge < -0.3 is 9.88 Å². The number of hydrogen-bond donors (Lipinski definition) is 1. The molecule has 1 aromatic heterocycles. The van der Waals surface area contributed by atoms with Gasteiger partial charge in [0.2, 0.25) is 0 Å². The molecule has 3 aromatic rings. The standard InChI is InChI=1S/C17H16ClN3/c18-15-7-4-8-16(13-15)19-9-11-21-12-10-20-17(21)14-5-2-1-3-6-14/h1-8,10,12-13,19H,9,11H2. The fraction of sp³-hybridized carbons (Fsp3) is 0.118. The van der Waals surface area contributed by atoms with Gasteiger partial charge in [0.1, 0.15) is 5.82 Å². The first-order valence-electron chi connectivity index (χ1n) is 6.89. The van der Waals surface area contributed by atoms with E-state index >= 15 is 0 Å². The highest BCUT2D eigenvalue weighted by molar-refractivity contribution is 6.30. The molecule has 106 valence electrons. The van der Waals surface area contributed by atoms with Crippen LogP contribution in [0.1, 0.15) is 0 Å². The number of nitrogens with one attached hydrogen (secondary N) is 1. The second-order valence-electron chi connectivity index (χ2n) is 4.75. The molecule has 0 fully saturated rings. The Kier molecular flexibility index (Phi) is 4.22. The molecule has 0 saturated carbocycles. The lowest BCUT2D eigenvalue weighted by Crippen LogP contribution is -2.10. The summed E-state index contributed by atoms with van der Waals surface area (Å²) >= 11 is 5.97. The van der Waals surface area contributed by atoms with E-state index < -0.39 is 0 Å². The van der Waals surface area contributed by atoms with Crippen molar-refractivity contribution in [2.75, 3.05) is 11.9 Å². The second-order valence-corrected chi connectivity index (χ2v) is 5.18. The lowest BCUT2D eigenvalue weighted by atomic mass is 10.2. The van der Waals surface area contributed by atoms with Crippen LogP contribution in [0.4, 0.5) is 5.69 Å². The average Bonchev–Trinajstić information content (AvgIpc) is 2.97. The molecule has 0 radical (unpaired) electrons. The summed E-state index contributed by atoms with van der Waals surface area (Å²) in [6.45, 7) is 1.66. The van der Waals surface area contributed by atoms with E-state index in [2.05, 4.69) is 27.0 Å². The molecule has 0 atom stereocenters. The molecule has 0 saturated heterocycles. The van der Waals surface area contributed by atoms with E-state index in [1.807, 2.05) is 54.9 Å². The van der Waals surface area contributed by atoms with Crippen molar-refractivity contribution in [3.63, 3.8) is 0 Å². The van der Waals surface area contributed by atoms with Gasteiger partial charge in [-0.05, 0) is 18.2 Å². The van der Waals surface area contributed by atoms with E-state index in [1.54, 1.807) is 0 Å². The maximum atomic E-state index is 5.97. The van der Waals surface area contributed by atoms with Crippen LogP contribution in [0.2, 0.25) is 5.02 Å². The molecule has 1 heterocycles. The van der Waals surface area contributed by atoms with Crippen LogP contribution >= 0.6 is 11.6 Å². The van der Waals surface area contributed by atoms with Gasteiger partial charge in [0.05, 0.1) is 0 Å². The van der Waals surface area contributed by atoms with Crippen LogP contribution in [0, 0.1) is 0 Å². The van der Waals surface area contributed by atoms with Crippen LogP contribution in [0.15, 0.2) is 67.0 Å². The first kappa shape index (κ1) is 13.7. The Morgan fingerprint density at radius 2 is 1.90 bits per heavy atom. The van der Waals surface area contributed by atoms with Crippen molar-refractivity contribution >= 4 is 17.3 Å². The van der Waals surface area contributed by atoms with Crippen LogP contribution in [0.5, 0.6) is 0 Å². The van der Waals surface area contributed by atoms with Crippen LogP contribution in [-0.4, -0.2) is 16.1 Å². The molecule has 3 nitrogen and oxygen atoms in total. The molecular weight excluding hydrogens is 282 g/mol. The van der Waals surface area contributed by atoms with Gasteiger partial charge in [-0.25, -0.2) is 4.98 Å². The fourth-order valence-electron chi connectivity index (χ4n) is 2.26. The maximum absolute atomic E-state index is 5.97. The van der Waals surface area contributed by atoms with E-state index in [0.29, 0.717) is 0 Å². The van der Waals surface area contributed by atoms with Crippen molar-refractivity contribution in [3.8, 4) is 11.4 Å². The topological polar surface area (TPSA) is 29.9 Å². The molecule has 0 aliphatic rings. The number of benzene rings is 2. The highest BCUT2D eigenvalue weighted by atomic mass is 35.5. The molecule has 0 unspecified atom stereocenters. The van der Waals surface area contributed by atoms with E-state index in [9.17, 15) is 0 Å². The fourth-order valence-corrected chi connectivity index (χ4v) is 2.45. The Bertz CT molecular complexity index is 707. The number of rotatable bonds is 5. The monoisotopic (exact) mass is 297 g/mol. The van der Waals surface area contributed by atoms with E-state index in [1.165, 1.54) is 0 Å². The highest BCUT2D eigenvalue weighted by Crippen LogP contribution is 2.17. The average molecular weight is 298 g/mol. The van der Waals surface area contributed by atoms with Crippen molar-refractivity contribution in [1.82, 2.24) is 9.55 Å². The van der Waals surface area contributed by atoms with Gasteiger partial charge in [0.15, 0.2) is 0 Å². The van der Waals surface area contributed by atoms with Crippen molar-refractivity contribution < 1.29 is 0 Å². The number of nitrogens with zero attached hydrogens (tertiary/aromatic N) is 2. The van der Waals surface area contributed by atoms with Crippen molar-refractivity contribution in [2.24, 2.45) is 0 Å². The van der Waals surface area contributed by atoms with Gasteiger partial charge in [0, 0.05) is 41.8 Å². The summed E-state index contributed by atoms with van der Waals surface area (Å²) in [4.78, 5) is 4.44. The normalized spacial score (nSPS) is 10.5. The van der Waals surface area contributed by atoms with Gasteiger partial charge in [0.25, 0.3) is 0 Å². The minimum Gasteiger partial charge on any atom is -0.383 e. The first-order chi connectivity index (χ1) is 10.3. The zero-order chi connectivity index (χ0) is 14.5. The number of aromatic nitrogens is 2. The molecule has 0 spiro atoms. The third kappa shape index (κ3) is 3.44. The van der Waals surface area contributed by atoms with Gasteiger partial charge in [-0.2, -0.15) is 0 Å². The summed E-state index contributed by atoms with van der Waals surface area (Å²) in [5.41, 5.74) is 2.16. The minimum atomic E-state index is 0.743. The smallest absolute Gasteiger partial charge is 0.139 e. The third-order valence-electron chi connectivity index (χ3n) is 3.25. The molecule has 1 N–H and O–H groups in total. The van der Waals surface area contributed by atoms with Gasteiger partial charge in [-0.3, -0.25) is 0 Å². The Morgan fingerprint density at radius 1 is 1.05 bits per heavy atom.